The molecule has 0 unspecified atom stereocenters. The summed E-state index contributed by atoms with van der Waals surface area (Å²) in [6.07, 6.45) is 3.02. The molecule has 6 nitrogen and oxygen atoms in total. The van der Waals surface area contributed by atoms with Crippen molar-refractivity contribution in [2.24, 2.45) is 0 Å². The molecule has 2 aromatic carbocycles. The molecule has 0 spiro atoms. The molecule has 1 amide bonds. The van der Waals surface area contributed by atoms with Crippen LogP contribution in [0.25, 0.3) is 6.08 Å². The van der Waals surface area contributed by atoms with Crippen LogP contribution in [-0.4, -0.2) is 16.9 Å². The van der Waals surface area contributed by atoms with Gasteiger partial charge >= 0.3 is 0 Å². The molecule has 6 heteroatoms. The second kappa shape index (κ2) is 8.63. The standard InChI is InChI=1S/C19H20N2O4/c1-14(2)25-18-9-6-16(7-10-18)13-20-19(22)11-8-15-4-3-5-17(12-15)21(23)24/h3-12,14H,13H2,1-2H3,(H,20,22)/b11-8+. The number of nitro groups is 1. The van der Waals surface area contributed by atoms with Gasteiger partial charge in [0, 0.05) is 24.8 Å². The Kier molecular flexibility index (Phi) is 6.28. The predicted molar refractivity (Wildman–Crippen MR) is 96.2 cm³/mol. The summed E-state index contributed by atoms with van der Waals surface area (Å²) >= 11 is 0. The topological polar surface area (TPSA) is 81.5 Å². The van der Waals surface area contributed by atoms with Crippen LogP contribution in [0.15, 0.2) is 54.6 Å². The van der Waals surface area contributed by atoms with Crippen LogP contribution < -0.4 is 10.1 Å². The van der Waals surface area contributed by atoms with Gasteiger partial charge in [0.1, 0.15) is 5.75 Å². The van der Waals surface area contributed by atoms with Crippen molar-refractivity contribution < 1.29 is 14.5 Å². The summed E-state index contributed by atoms with van der Waals surface area (Å²) in [7, 11) is 0. The molecule has 0 saturated heterocycles. The lowest BCUT2D eigenvalue weighted by molar-refractivity contribution is -0.384. The van der Waals surface area contributed by atoms with Gasteiger partial charge in [-0.2, -0.15) is 0 Å². The molecule has 0 aliphatic carbocycles. The zero-order chi connectivity index (χ0) is 18.2. The third kappa shape index (κ3) is 6.10. The smallest absolute Gasteiger partial charge is 0.270 e. The number of hydrogen-bond acceptors (Lipinski definition) is 4. The third-order valence-corrected chi connectivity index (χ3v) is 3.27. The Hall–Kier alpha value is -3.15. The van der Waals surface area contributed by atoms with Crippen LogP contribution in [0.4, 0.5) is 5.69 Å². The first-order chi connectivity index (χ1) is 11.9. The van der Waals surface area contributed by atoms with Gasteiger partial charge in [0.2, 0.25) is 5.91 Å². The highest BCUT2D eigenvalue weighted by molar-refractivity contribution is 5.91. The number of ether oxygens (including phenoxy) is 1. The Bertz CT molecular complexity index is 767. The minimum Gasteiger partial charge on any atom is -0.491 e. The zero-order valence-electron chi connectivity index (χ0n) is 14.1. The summed E-state index contributed by atoms with van der Waals surface area (Å²) in [5, 5.41) is 13.5. The van der Waals surface area contributed by atoms with Gasteiger partial charge in [-0.3, -0.25) is 14.9 Å². The molecule has 2 aromatic rings. The number of hydrogen-bond donors (Lipinski definition) is 1. The van der Waals surface area contributed by atoms with E-state index in [9.17, 15) is 14.9 Å². The molecule has 0 saturated carbocycles. The number of nitrogens with zero attached hydrogens (tertiary/aromatic N) is 1. The minimum absolute atomic E-state index is 0.00809. The first kappa shape index (κ1) is 18.2. The van der Waals surface area contributed by atoms with Crippen LogP contribution in [-0.2, 0) is 11.3 Å². The number of benzene rings is 2. The molecular weight excluding hydrogens is 320 g/mol. The lowest BCUT2D eigenvalue weighted by Crippen LogP contribution is -2.20. The summed E-state index contributed by atoms with van der Waals surface area (Å²) in [5.41, 5.74) is 1.54. The average Bonchev–Trinajstić information content (AvgIpc) is 2.59. The second-order valence-electron chi connectivity index (χ2n) is 5.71. The number of nitro benzene ring substituents is 1. The molecular formula is C19H20N2O4. The van der Waals surface area contributed by atoms with Gasteiger partial charge in [0.25, 0.3) is 5.69 Å². The van der Waals surface area contributed by atoms with E-state index in [1.807, 2.05) is 38.1 Å². The summed E-state index contributed by atoms with van der Waals surface area (Å²) < 4.78 is 5.56. The Morgan fingerprint density at radius 3 is 2.60 bits per heavy atom. The first-order valence-electron chi connectivity index (χ1n) is 7.90. The van der Waals surface area contributed by atoms with Crippen molar-refractivity contribution in [3.8, 4) is 5.75 Å². The Morgan fingerprint density at radius 1 is 1.24 bits per heavy atom. The summed E-state index contributed by atoms with van der Waals surface area (Å²) in [4.78, 5) is 22.1. The highest BCUT2D eigenvalue weighted by Gasteiger charge is 2.04. The van der Waals surface area contributed by atoms with Crippen molar-refractivity contribution >= 4 is 17.7 Å². The van der Waals surface area contributed by atoms with Crippen LogP contribution in [0.2, 0.25) is 0 Å². The molecule has 0 radical (unpaired) electrons. The van der Waals surface area contributed by atoms with E-state index in [0.29, 0.717) is 12.1 Å². The van der Waals surface area contributed by atoms with Crippen molar-refractivity contribution in [1.29, 1.82) is 0 Å². The molecule has 0 heterocycles. The molecule has 0 aliphatic heterocycles. The van der Waals surface area contributed by atoms with Crippen LogP contribution in [0.5, 0.6) is 5.75 Å². The summed E-state index contributed by atoms with van der Waals surface area (Å²) in [5.74, 6) is 0.518. The predicted octanol–water partition coefficient (Wildman–Crippen LogP) is 3.71. The van der Waals surface area contributed by atoms with E-state index >= 15 is 0 Å². The van der Waals surface area contributed by atoms with Gasteiger partial charge in [0.05, 0.1) is 11.0 Å². The molecule has 130 valence electrons. The number of nitrogens with one attached hydrogen (secondary N) is 1. The van der Waals surface area contributed by atoms with E-state index < -0.39 is 4.92 Å². The fourth-order valence-corrected chi connectivity index (χ4v) is 2.12. The van der Waals surface area contributed by atoms with Gasteiger partial charge in [0.15, 0.2) is 0 Å². The van der Waals surface area contributed by atoms with E-state index in [1.165, 1.54) is 18.2 Å². The highest BCUT2D eigenvalue weighted by atomic mass is 16.6. The SMILES string of the molecule is CC(C)Oc1ccc(CNC(=O)/C=C/c2cccc([N+](=O)[O-])c2)cc1. The van der Waals surface area contributed by atoms with Crippen molar-refractivity contribution in [2.45, 2.75) is 26.5 Å². The molecule has 0 aliphatic rings. The van der Waals surface area contributed by atoms with Crippen LogP contribution >= 0.6 is 0 Å². The quantitative estimate of drug-likeness (QED) is 0.473. The van der Waals surface area contributed by atoms with E-state index in [1.54, 1.807) is 18.2 Å². The summed E-state index contributed by atoms with van der Waals surface area (Å²) in [6.45, 7) is 4.31. The van der Waals surface area contributed by atoms with Gasteiger partial charge in [-0.15, -0.1) is 0 Å². The Morgan fingerprint density at radius 2 is 1.96 bits per heavy atom. The first-order valence-corrected chi connectivity index (χ1v) is 7.90. The fourth-order valence-electron chi connectivity index (χ4n) is 2.12. The normalized spacial score (nSPS) is 10.8. The molecule has 2 rings (SSSR count). The van der Waals surface area contributed by atoms with Gasteiger partial charge in [-0.25, -0.2) is 0 Å². The maximum atomic E-state index is 11.9. The molecule has 0 bridgehead atoms. The number of carbonyl (C=O) groups excluding carboxylic acids is 1. The van der Waals surface area contributed by atoms with Crippen LogP contribution in [0, 0.1) is 10.1 Å². The molecule has 25 heavy (non-hydrogen) atoms. The summed E-state index contributed by atoms with van der Waals surface area (Å²) in [6, 6.07) is 13.6. The van der Waals surface area contributed by atoms with E-state index in [-0.39, 0.29) is 17.7 Å². The number of non-ortho nitro benzene ring substituents is 1. The third-order valence-electron chi connectivity index (χ3n) is 3.27. The molecule has 0 atom stereocenters. The zero-order valence-corrected chi connectivity index (χ0v) is 14.1. The minimum atomic E-state index is -0.468. The highest BCUT2D eigenvalue weighted by Crippen LogP contribution is 2.15. The number of amides is 1. The number of carbonyl (C=O) groups is 1. The Labute approximate surface area is 146 Å². The second-order valence-corrected chi connectivity index (χ2v) is 5.71. The van der Waals surface area contributed by atoms with Crippen molar-refractivity contribution in [1.82, 2.24) is 5.32 Å². The van der Waals surface area contributed by atoms with Crippen molar-refractivity contribution in [3.05, 3.63) is 75.8 Å². The van der Waals surface area contributed by atoms with Gasteiger partial charge in [-0.1, -0.05) is 24.3 Å². The van der Waals surface area contributed by atoms with Crippen LogP contribution in [0.3, 0.4) is 0 Å². The lowest BCUT2D eigenvalue weighted by atomic mass is 10.2. The van der Waals surface area contributed by atoms with Crippen molar-refractivity contribution in [3.63, 3.8) is 0 Å². The van der Waals surface area contributed by atoms with E-state index in [4.69, 9.17) is 4.74 Å². The molecule has 1 N–H and O–H groups in total. The van der Waals surface area contributed by atoms with E-state index in [2.05, 4.69) is 5.32 Å². The Balaban J connectivity index is 1.88. The average molecular weight is 340 g/mol. The van der Waals surface area contributed by atoms with Gasteiger partial charge in [-0.05, 0) is 43.2 Å². The van der Waals surface area contributed by atoms with Crippen LogP contribution in [0.1, 0.15) is 25.0 Å². The monoisotopic (exact) mass is 340 g/mol. The van der Waals surface area contributed by atoms with E-state index in [0.717, 1.165) is 11.3 Å². The lowest BCUT2D eigenvalue weighted by Gasteiger charge is -2.10. The maximum absolute atomic E-state index is 11.9. The molecule has 0 fully saturated rings. The van der Waals surface area contributed by atoms with Crippen molar-refractivity contribution in [2.75, 3.05) is 0 Å². The largest absolute Gasteiger partial charge is 0.491 e. The molecule has 0 aromatic heterocycles. The fraction of sp³-hybridized carbons (Fsp3) is 0.211. The number of rotatable bonds is 7. The van der Waals surface area contributed by atoms with Gasteiger partial charge < -0.3 is 10.1 Å². The maximum Gasteiger partial charge on any atom is 0.270 e.